The molecule has 0 aromatic rings. The van der Waals surface area contributed by atoms with Crippen LogP contribution in [-0.2, 0) is 0 Å². The number of hydrogen-bond acceptors (Lipinski definition) is 2. The van der Waals surface area contributed by atoms with E-state index in [1.807, 2.05) is 0 Å². The zero-order valence-corrected chi connectivity index (χ0v) is 6.40. The van der Waals surface area contributed by atoms with E-state index < -0.39 is 0 Å². The smallest absolute Gasteiger partial charge is 0.0195 e. The Morgan fingerprint density at radius 2 is 2.10 bits per heavy atom. The third kappa shape index (κ3) is 1.70. The van der Waals surface area contributed by atoms with Crippen LogP contribution in [0.2, 0.25) is 0 Å². The molecule has 2 rings (SSSR count). The van der Waals surface area contributed by atoms with Gasteiger partial charge in [0.25, 0.3) is 0 Å². The van der Waals surface area contributed by atoms with Gasteiger partial charge in [-0.25, -0.2) is 0 Å². The summed E-state index contributed by atoms with van der Waals surface area (Å²) in [5.41, 5.74) is 0. The summed E-state index contributed by atoms with van der Waals surface area (Å²) in [5.74, 6) is 1.07. The molecule has 1 heterocycles. The molecule has 1 aliphatic heterocycles. The summed E-state index contributed by atoms with van der Waals surface area (Å²) in [6.07, 6.45) is 4.38. The predicted octanol–water partition coefficient (Wildman–Crippen LogP) is 0.348. The van der Waals surface area contributed by atoms with Crippen molar-refractivity contribution in [2.75, 3.05) is 19.6 Å². The van der Waals surface area contributed by atoms with Crippen LogP contribution in [0.15, 0.2) is 0 Å². The molecule has 10 heavy (non-hydrogen) atoms. The fraction of sp³-hybridized carbons (Fsp3) is 1.00. The van der Waals surface area contributed by atoms with E-state index >= 15 is 0 Å². The molecule has 1 saturated heterocycles. The standard InChI is InChI=1S/C8H16N2/c1-2-7(1)5-8-6-9-3-4-10-8/h7-10H,1-6H2. The molecule has 0 aromatic heterocycles. The highest BCUT2D eigenvalue weighted by molar-refractivity contribution is 4.83. The minimum atomic E-state index is 0.779. The van der Waals surface area contributed by atoms with Gasteiger partial charge in [-0.15, -0.1) is 0 Å². The quantitative estimate of drug-likeness (QED) is 0.578. The van der Waals surface area contributed by atoms with E-state index in [2.05, 4.69) is 10.6 Å². The summed E-state index contributed by atoms with van der Waals surface area (Å²) in [5, 5.41) is 6.93. The molecule has 0 radical (unpaired) electrons. The average molecular weight is 140 g/mol. The van der Waals surface area contributed by atoms with Gasteiger partial charge in [-0.1, -0.05) is 12.8 Å². The Balaban J connectivity index is 1.69. The average Bonchev–Trinajstić information content (AvgIpc) is 2.74. The van der Waals surface area contributed by atoms with Gasteiger partial charge in [0.1, 0.15) is 0 Å². The first kappa shape index (κ1) is 6.62. The first-order valence-electron chi connectivity index (χ1n) is 4.39. The molecule has 2 nitrogen and oxygen atoms in total. The van der Waals surface area contributed by atoms with Gasteiger partial charge in [0, 0.05) is 25.7 Å². The first-order valence-corrected chi connectivity index (χ1v) is 4.39. The van der Waals surface area contributed by atoms with Crippen LogP contribution in [0.4, 0.5) is 0 Å². The number of piperazine rings is 1. The van der Waals surface area contributed by atoms with Crippen LogP contribution < -0.4 is 10.6 Å². The van der Waals surface area contributed by atoms with E-state index in [1.165, 1.54) is 25.8 Å². The van der Waals surface area contributed by atoms with Crippen LogP contribution in [0.3, 0.4) is 0 Å². The van der Waals surface area contributed by atoms with Gasteiger partial charge in [0.2, 0.25) is 0 Å². The maximum atomic E-state index is 3.53. The number of hydrogen-bond donors (Lipinski definition) is 2. The molecule has 58 valence electrons. The molecule has 0 amide bonds. The number of rotatable bonds is 2. The van der Waals surface area contributed by atoms with Crippen LogP contribution in [0.1, 0.15) is 19.3 Å². The Labute approximate surface area is 62.4 Å². The van der Waals surface area contributed by atoms with Crippen LogP contribution in [0.5, 0.6) is 0 Å². The molecule has 2 fully saturated rings. The van der Waals surface area contributed by atoms with Gasteiger partial charge in [-0.2, -0.15) is 0 Å². The molecule has 1 atom stereocenters. The second-order valence-electron chi connectivity index (χ2n) is 3.53. The fourth-order valence-corrected chi connectivity index (χ4v) is 1.64. The fourth-order valence-electron chi connectivity index (χ4n) is 1.64. The third-order valence-electron chi connectivity index (χ3n) is 2.44. The zero-order chi connectivity index (χ0) is 6.81. The second-order valence-corrected chi connectivity index (χ2v) is 3.53. The molecule has 2 aliphatic rings. The Kier molecular flexibility index (Phi) is 1.91. The van der Waals surface area contributed by atoms with Gasteiger partial charge in [0.15, 0.2) is 0 Å². The highest BCUT2D eigenvalue weighted by Gasteiger charge is 2.25. The number of nitrogens with one attached hydrogen (secondary N) is 2. The highest BCUT2D eigenvalue weighted by Crippen LogP contribution is 2.33. The van der Waals surface area contributed by atoms with Crippen molar-refractivity contribution in [1.29, 1.82) is 0 Å². The minimum absolute atomic E-state index is 0.779. The zero-order valence-electron chi connectivity index (χ0n) is 6.40. The Hall–Kier alpha value is -0.0800. The summed E-state index contributed by atoms with van der Waals surface area (Å²) in [6.45, 7) is 3.51. The normalized spacial score (nSPS) is 34.2. The van der Waals surface area contributed by atoms with Crippen molar-refractivity contribution >= 4 is 0 Å². The summed E-state index contributed by atoms with van der Waals surface area (Å²) >= 11 is 0. The lowest BCUT2D eigenvalue weighted by molar-refractivity contribution is 0.385. The van der Waals surface area contributed by atoms with Crippen molar-refractivity contribution in [3.8, 4) is 0 Å². The van der Waals surface area contributed by atoms with E-state index in [0.29, 0.717) is 0 Å². The van der Waals surface area contributed by atoms with Crippen molar-refractivity contribution in [1.82, 2.24) is 10.6 Å². The molecular formula is C8H16N2. The van der Waals surface area contributed by atoms with E-state index in [1.54, 1.807) is 0 Å². The molecule has 2 N–H and O–H groups in total. The minimum Gasteiger partial charge on any atom is -0.314 e. The van der Waals surface area contributed by atoms with Crippen molar-refractivity contribution < 1.29 is 0 Å². The summed E-state index contributed by atoms with van der Waals surface area (Å²) in [4.78, 5) is 0. The summed E-state index contributed by atoms with van der Waals surface area (Å²) < 4.78 is 0. The predicted molar refractivity (Wildman–Crippen MR) is 42.0 cm³/mol. The lowest BCUT2D eigenvalue weighted by Gasteiger charge is -2.24. The monoisotopic (exact) mass is 140 g/mol. The maximum absolute atomic E-state index is 3.53. The molecule has 1 unspecified atom stereocenters. The third-order valence-corrected chi connectivity index (χ3v) is 2.44. The summed E-state index contributed by atoms with van der Waals surface area (Å²) in [7, 11) is 0. The van der Waals surface area contributed by atoms with Crippen LogP contribution in [-0.4, -0.2) is 25.7 Å². The van der Waals surface area contributed by atoms with Crippen LogP contribution in [0.25, 0.3) is 0 Å². The summed E-state index contributed by atoms with van der Waals surface area (Å²) in [6, 6.07) is 0.779. The lowest BCUT2D eigenvalue weighted by Crippen LogP contribution is -2.48. The van der Waals surface area contributed by atoms with Gasteiger partial charge in [0.05, 0.1) is 0 Å². The molecule has 1 aliphatic carbocycles. The maximum Gasteiger partial charge on any atom is 0.0195 e. The first-order chi connectivity index (χ1) is 4.95. The van der Waals surface area contributed by atoms with E-state index in [9.17, 15) is 0 Å². The highest BCUT2D eigenvalue weighted by atomic mass is 15.1. The Morgan fingerprint density at radius 1 is 1.20 bits per heavy atom. The van der Waals surface area contributed by atoms with Crippen LogP contribution in [0, 0.1) is 5.92 Å². The molecule has 2 heteroatoms. The van der Waals surface area contributed by atoms with Gasteiger partial charge in [-0.05, 0) is 12.3 Å². The van der Waals surface area contributed by atoms with Gasteiger partial charge in [-0.3, -0.25) is 0 Å². The van der Waals surface area contributed by atoms with E-state index in [-0.39, 0.29) is 0 Å². The Morgan fingerprint density at radius 3 is 2.70 bits per heavy atom. The van der Waals surface area contributed by atoms with Crippen molar-refractivity contribution in [3.63, 3.8) is 0 Å². The van der Waals surface area contributed by atoms with Gasteiger partial charge >= 0.3 is 0 Å². The van der Waals surface area contributed by atoms with Gasteiger partial charge < -0.3 is 10.6 Å². The van der Waals surface area contributed by atoms with E-state index in [0.717, 1.165) is 25.0 Å². The SMILES string of the molecule is C1CNC(CC2CC2)CN1. The van der Waals surface area contributed by atoms with E-state index in [4.69, 9.17) is 0 Å². The molecule has 1 saturated carbocycles. The molecule has 0 bridgehead atoms. The Bertz CT molecular complexity index is 104. The van der Waals surface area contributed by atoms with Crippen molar-refractivity contribution in [2.24, 2.45) is 5.92 Å². The molecule has 0 spiro atoms. The largest absolute Gasteiger partial charge is 0.314 e. The molecule has 0 aromatic carbocycles. The van der Waals surface area contributed by atoms with Crippen LogP contribution >= 0.6 is 0 Å². The second kappa shape index (κ2) is 2.89. The topological polar surface area (TPSA) is 24.1 Å². The lowest BCUT2D eigenvalue weighted by atomic mass is 10.1. The van der Waals surface area contributed by atoms with Crippen molar-refractivity contribution in [3.05, 3.63) is 0 Å². The molecular weight excluding hydrogens is 124 g/mol. The van der Waals surface area contributed by atoms with Crippen molar-refractivity contribution in [2.45, 2.75) is 25.3 Å².